The highest BCUT2D eigenvalue weighted by atomic mass is 16.2. The van der Waals surface area contributed by atoms with E-state index in [4.69, 9.17) is 5.73 Å². The number of hydrogen-bond donors (Lipinski definition) is 3. The van der Waals surface area contributed by atoms with Gasteiger partial charge in [0.05, 0.1) is 0 Å². The number of urea groups is 1. The van der Waals surface area contributed by atoms with Crippen LogP contribution in [0.5, 0.6) is 0 Å². The van der Waals surface area contributed by atoms with Gasteiger partial charge in [-0.25, -0.2) is 4.79 Å². The molecule has 0 saturated heterocycles. The molecule has 1 aliphatic rings. The maximum atomic E-state index is 10.4. The molecule has 0 spiro atoms. The molecule has 0 aromatic heterocycles. The monoisotopic (exact) mass is 219 g/mol. The van der Waals surface area contributed by atoms with E-state index in [-0.39, 0.29) is 0 Å². The summed E-state index contributed by atoms with van der Waals surface area (Å²) in [6.07, 6.45) is 1.16. The average molecular weight is 219 g/mol. The van der Waals surface area contributed by atoms with Gasteiger partial charge in [0.25, 0.3) is 0 Å². The number of fused-ring (bicyclic) bond motifs is 1. The third-order valence-electron chi connectivity index (χ3n) is 2.95. The zero-order valence-electron chi connectivity index (χ0n) is 9.20. The Hall–Kier alpha value is -1.55. The van der Waals surface area contributed by atoms with Gasteiger partial charge in [-0.1, -0.05) is 24.3 Å². The second-order valence-corrected chi connectivity index (χ2v) is 4.10. The molecule has 1 aliphatic carbocycles. The number of carbonyl (C=O) groups excluding carboxylic acids is 1. The van der Waals surface area contributed by atoms with Gasteiger partial charge in [0.15, 0.2) is 0 Å². The SMILES string of the molecule is NC(=O)NCCNCC1Cc2ccccc21. The molecule has 0 aliphatic heterocycles. The minimum absolute atomic E-state index is 0.462. The van der Waals surface area contributed by atoms with E-state index in [1.807, 2.05) is 0 Å². The highest BCUT2D eigenvalue weighted by Gasteiger charge is 2.24. The fourth-order valence-electron chi connectivity index (χ4n) is 2.10. The van der Waals surface area contributed by atoms with Crippen molar-refractivity contribution < 1.29 is 4.79 Å². The van der Waals surface area contributed by atoms with Gasteiger partial charge in [0.2, 0.25) is 0 Å². The summed E-state index contributed by atoms with van der Waals surface area (Å²) in [4.78, 5) is 10.4. The van der Waals surface area contributed by atoms with Crippen LogP contribution < -0.4 is 16.4 Å². The Kier molecular flexibility index (Phi) is 3.41. The molecular formula is C12H17N3O. The lowest BCUT2D eigenvalue weighted by molar-refractivity contribution is 0.249. The van der Waals surface area contributed by atoms with Crippen molar-refractivity contribution in [2.24, 2.45) is 5.73 Å². The van der Waals surface area contributed by atoms with Crippen LogP contribution in [0.2, 0.25) is 0 Å². The molecule has 1 aromatic carbocycles. The second kappa shape index (κ2) is 4.99. The lowest BCUT2D eigenvalue weighted by atomic mass is 9.78. The Morgan fingerprint density at radius 2 is 2.19 bits per heavy atom. The molecule has 2 rings (SSSR count). The van der Waals surface area contributed by atoms with Crippen molar-refractivity contribution in [3.8, 4) is 0 Å². The van der Waals surface area contributed by atoms with Gasteiger partial charge >= 0.3 is 6.03 Å². The standard InChI is InChI=1S/C12H17N3O/c13-12(16)15-6-5-14-8-10-7-9-3-1-2-4-11(9)10/h1-4,10,14H,5-8H2,(H3,13,15,16). The van der Waals surface area contributed by atoms with Crippen molar-refractivity contribution in [1.29, 1.82) is 0 Å². The van der Waals surface area contributed by atoms with Gasteiger partial charge in [-0.15, -0.1) is 0 Å². The molecule has 4 nitrogen and oxygen atoms in total. The number of amides is 2. The number of rotatable bonds is 5. The first kappa shape index (κ1) is 11.0. The minimum atomic E-state index is -0.462. The van der Waals surface area contributed by atoms with Gasteiger partial charge < -0.3 is 16.4 Å². The van der Waals surface area contributed by atoms with Crippen LogP contribution in [-0.4, -0.2) is 25.7 Å². The Balaban J connectivity index is 1.65. The van der Waals surface area contributed by atoms with E-state index in [2.05, 4.69) is 34.9 Å². The first-order valence-corrected chi connectivity index (χ1v) is 5.59. The topological polar surface area (TPSA) is 67.2 Å². The quantitative estimate of drug-likeness (QED) is 0.634. The third kappa shape index (κ3) is 2.52. The molecule has 1 atom stereocenters. The Bertz CT molecular complexity index is 378. The second-order valence-electron chi connectivity index (χ2n) is 4.10. The fraction of sp³-hybridized carbons (Fsp3) is 0.417. The van der Waals surface area contributed by atoms with Crippen LogP contribution in [0, 0.1) is 0 Å². The predicted molar refractivity (Wildman–Crippen MR) is 63.3 cm³/mol. The Morgan fingerprint density at radius 3 is 2.94 bits per heavy atom. The molecule has 1 unspecified atom stereocenters. The van der Waals surface area contributed by atoms with Crippen LogP contribution in [0.3, 0.4) is 0 Å². The molecule has 16 heavy (non-hydrogen) atoms. The largest absolute Gasteiger partial charge is 0.352 e. The zero-order valence-corrected chi connectivity index (χ0v) is 9.20. The maximum absolute atomic E-state index is 10.4. The molecule has 2 amide bonds. The molecule has 0 bridgehead atoms. The fourth-order valence-corrected chi connectivity index (χ4v) is 2.10. The van der Waals surface area contributed by atoms with Crippen molar-refractivity contribution in [2.75, 3.05) is 19.6 Å². The normalized spacial score (nSPS) is 17.4. The molecule has 0 radical (unpaired) electrons. The van der Waals surface area contributed by atoms with E-state index in [1.165, 1.54) is 11.1 Å². The summed E-state index contributed by atoms with van der Waals surface area (Å²) in [5.41, 5.74) is 7.88. The molecule has 86 valence electrons. The lowest BCUT2D eigenvalue weighted by Crippen LogP contribution is -2.37. The summed E-state index contributed by atoms with van der Waals surface area (Å²) in [5, 5.41) is 5.86. The first-order chi connectivity index (χ1) is 7.77. The number of nitrogens with one attached hydrogen (secondary N) is 2. The molecule has 4 heteroatoms. The smallest absolute Gasteiger partial charge is 0.312 e. The van der Waals surface area contributed by atoms with Gasteiger partial charge in [0, 0.05) is 25.6 Å². The van der Waals surface area contributed by atoms with E-state index >= 15 is 0 Å². The summed E-state index contributed by atoms with van der Waals surface area (Å²) >= 11 is 0. The summed E-state index contributed by atoms with van der Waals surface area (Å²) in [5.74, 6) is 0.629. The molecule has 0 heterocycles. The molecule has 0 fully saturated rings. The van der Waals surface area contributed by atoms with E-state index in [9.17, 15) is 4.79 Å². The van der Waals surface area contributed by atoms with Gasteiger partial charge in [-0.05, 0) is 17.5 Å². The maximum Gasteiger partial charge on any atom is 0.312 e. The van der Waals surface area contributed by atoms with Crippen molar-refractivity contribution in [2.45, 2.75) is 12.3 Å². The number of carbonyl (C=O) groups is 1. The number of primary amides is 1. The van der Waals surface area contributed by atoms with E-state index < -0.39 is 6.03 Å². The third-order valence-corrected chi connectivity index (χ3v) is 2.95. The van der Waals surface area contributed by atoms with E-state index in [0.29, 0.717) is 12.5 Å². The van der Waals surface area contributed by atoms with Crippen molar-refractivity contribution in [3.63, 3.8) is 0 Å². The van der Waals surface area contributed by atoms with Crippen LogP contribution >= 0.6 is 0 Å². The average Bonchev–Trinajstić information content (AvgIpc) is 2.23. The van der Waals surface area contributed by atoms with Crippen LogP contribution in [0.25, 0.3) is 0 Å². The molecule has 4 N–H and O–H groups in total. The van der Waals surface area contributed by atoms with Crippen LogP contribution in [0.4, 0.5) is 4.79 Å². The van der Waals surface area contributed by atoms with Gasteiger partial charge in [-0.3, -0.25) is 0 Å². The predicted octanol–water partition coefficient (Wildman–Crippen LogP) is 0.584. The van der Waals surface area contributed by atoms with Gasteiger partial charge in [0.1, 0.15) is 0 Å². The van der Waals surface area contributed by atoms with Crippen molar-refractivity contribution in [3.05, 3.63) is 35.4 Å². The lowest BCUT2D eigenvalue weighted by Gasteiger charge is -2.30. The highest BCUT2D eigenvalue weighted by molar-refractivity contribution is 5.71. The number of benzene rings is 1. The highest BCUT2D eigenvalue weighted by Crippen LogP contribution is 2.33. The molecule has 1 aromatic rings. The first-order valence-electron chi connectivity index (χ1n) is 5.59. The number of nitrogens with two attached hydrogens (primary N) is 1. The summed E-state index contributed by atoms with van der Waals surface area (Å²) in [6, 6.07) is 8.07. The van der Waals surface area contributed by atoms with E-state index in [1.54, 1.807) is 0 Å². The van der Waals surface area contributed by atoms with Crippen LogP contribution in [0.15, 0.2) is 24.3 Å². The van der Waals surface area contributed by atoms with Crippen molar-refractivity contribution in [1.82, 2.24) is 10.6 Å². The number of hydrogen-bond acceptors (Lipinski definition) is 2. The summed E-state index contributed by atoms with van der Waals surface area (Å²) < 4.78 is 0. The minimum Gasteiger partial charge on any atom is -0.352 e. The Labute approximate surface area is 95.2 Å². The van der Waals surface area contributed by atoms with Crippen LogP contribution in [0.1, 0.15) is 17.0 Å². The van der Waals surface area contributed by atoms with Gasteiger partial charge in [-0.2, -0.15) is 0 Å². The van der Waals surface area contributed by atoms with Crippen molar-refractivity contribution >= 4 is 6.03 Å². The zero-order chi connectivity index (χ0) is 11.4. The van der Waals surface area contributed by atoms with E-state index in [0.717, 1.165) is 19.5 Å². The van der Waals surface area contributed by atoms with Crippen LogP contribution in [-0.2, 0) is 6.42 Å². The molecular weight excluding hydrogens is 202 g/mol. The Morgan fingerprint density at radius 1 is 1.38 bits per heavy atom. The molecule has 0 saturated carbocycles. The summed E-state index contributed by atoms with van der Waals surface area (Å²) in [6.45, 7) is 2.32. The summed E-state index contributed by atoms with van der Waals surface area (Å²) in [7, 11) is 0.